The van der Waals surface area contributed by atoms with Gasteiger partial charge in [0.2, 0.25) is 5.88 Å². The van der Waals surface area contributed by atoms with Gasteiger partial charge in [-0.25, -0.2) is 0 Å². The second-order valence-electron chi connectivity index (χ2n) is 4.76. The molecular weight excluding hydrogens is 337 g/mol. The van der Waals surface area contributed by atoms with Crippen LogP contribution in [0.2, 0.25) is 10.0 Å². The first-order valence-electron chi connectivity index (χ1n) is 6.76. The summed E-state index contributed by atoms with van der Waals surface area (Å²) in [6.07, 6.45) is 1.40. The summed E-state index contributed by atoms with van der Waals surface area (Å²) in [5.74, 6) is -0.224. The van der Waals surface area contributed by atoms with Crippen molar-refractivity contribution in [2.24, 2.45) is 4.99 Å². The van der Waals surface area contributed by atoms with Gasteiger partial charge in [-0.15, -0.1) is 0 Å². The lowest BCUT2D eigenvalue weighted by molar-refractivity contribution is 0.409. The Morgan fingerprint density at radius 1 is 1.39 bits per heavy atom. The van der Waals surface area contributed by atoms with Crippen molar-refractivity contribution in [3.05, 3.63) is 55.3 Å². The maximum absolute atomic E-state index is 12.1. The standard InChI is InChI=1S/C16H13Cl2N3O2/c1-3-21-15(22)11(7-19)9(2)12(16(21)23)8-20-10-4-5-13(17)14(18)6-10/h4-6,8,23H,3H2,1-2H3. The Labute approximate surface area is 143 Å². The number of aromatic nitrogens is 1. The third-order valence-corrected chi connectivity index (χ3v) is 4.15. The molecule has 0 spiro atoms. The van der Waals surface area contributed by atoms with Gasteiger partial charge in [0.15, 0.2) is 0 Å². The molecule has 5 nitrogen and oxygen atoms in total. The van der Waals surface area contributed by atoms with Crippen LogP contribution in [0.5, 0.6) is 5.88 Å². The number of rotatable bonds is 3. The summed E-state index contributed by atoms with van der Waals surface area (Å²) in [6, 6.07) is 6.73. The first kappa shape index (κ1) is 17.1. The van der Waals surface area contributed by atoms with E-state index in [-0.39, 0.29) is 18.0 Å². The number of hydrogen-bond donors (Lipinski definition) is 1. The number of pyridine rings is 1. The van der Waals surface area contributed by atoms with Crippen molar-refractivity contribution >= 4 is 35.1 Å². The van der Waals surface area contributed by atoms with Gasteiger partial charge in [0.1, 0.15) is 11.6 Å². The van der Waals surface area contributed by atoms with Crippen LogP contribution in [0.3, 0.4) is 0 Å². The van der Waals surface area contributed by atoms with Gasteiger partial charge in [0.05, 0.1) is 21.3 Å². The number of nitrogens with zero attached hydrogens (tertiary/aromatic N) is 3. The molecule has 0 fully saturated rings. The first-order chi connectivity index (χ1) is 10.9. The van der Waals surface area contributed by atoms with E-state index >= 15 is 0 Å². The van der Waals surface area contributed by atoms with Crippen LogP contribution in [0, 0.1) is 18.3 Å². The smallest absolute Gasteiger partial charge is 0.271 e. The van der Waals surface area contributed by atoms with Crippen molar-refractivity contribution < 1.29 is 5.11 Å². The molecule has 0 amide bonds. The molecule has 7 heteroatoms. The molecule has 0 aliphatic carbocycles. The van der Waals surface area contributed by atoms with Crippen LogP contribution in [0.15, 0.2) is 28.0 Å². The van der Waals surface area contributed by atoms with Crippen molar-refractivity contribution in [2.75, 3.05) is 0 Å². The first-order valence-corrected chi connectivity index (χ1v) is 7.51. The highest BCUT2D eigenvalue weighted by molar-refractivity contribution is 6.42. The van der Waals surface area contributed by atoms with E-state index in [1.807, 2.05) is 6.07 Å². The molecule has 0 saturated carbocycles. The van der Waals surface area contributed by atoms with Gasteiger partial charge in [0.25, 0.3) is 5.56 Å². The van der Waals surface area contributed by atoms with Crippen molar-refractivity contribution in [3.63, 3.8) is 0 Å². The van der Waals surface area contributed by atoms with Crippen LogP contribution in [-0.2, 0) is 6.54 Å². The summed E-state index contributed by atoms with van der Waals surface area (Å²) in [4.78, 5) is 16.3. The number of aliphatic imine (C=N–C) groups is 1. The molecule has 0 atom stereocenters. The Balaban J connectivity index is 2.59. The second kappa shape index (κ2) is 6.86. The van der Waals surface area contributed by atoms with Crippen molar-refractivity contribution in [3.8, 4) is 11.9 Å². The molecule has 0 bridgehead atoms. The fourth-order valence-electron chi connectivity index (χ4n) is 2.12. The maximum atomic E-state index is 12.1. The zero-order chi connectivity index (χ0) is 17.1. The maximum Gasteiger partial charge on any atom is 0.271 e. The van der Waals surface area contributed by atoms with Gasteiger partial charge >= 0.3 is 0 Å². The lowest BCUT2D eigenvalue weighted by Gasteiger charge is -2.12. The van der Waals surface area contributed by atoms with Gasteiger partial charge < -0.3 is 5.11 Å². The van der Waals surface area contributed by atoms with Crippen LogP contribution in [0.4, 0.5) is 5.69 Å². The summed E-state index contributed by atoms with van der Waals surface area (Å²) in [6.45, 7) is 3.54. The lowest BCUT2D eigenvalue weighted by Crippen LogP contribution is -2.24. The highest BCUT2D eigenvalue weighted by Crippen LogP contribution is 2.27. The highest BCUT2D eigenvalue weighted by Gasteiger charge is 2.16. The SMILES string of the molecule is CCn1c(O)c(C=Nc2ccc(Cl)c(Cl)c2)c(C)c(C#N)c1=O. The predicted molar refractivity (Wildman–Crippen MR) is 91.2 cm³/mol. The van der Waals surface area contributed by atoms with E-state index in [9.17, 15) is 9.90 Å². The molecule has 0 aliphatic rings. The van der Waals surface area contributed by atoms with E-state index in [0.717, 1.165) is 4.57 Å². The minimum Gasteiger partial charge on any atom is -0.494 e. The van der Waals surface area contributed by atoms with Gasteiger partial charge in [-0.2, -0.15) is 5.26 Å². The summed E-state index contributed by atoms with van der Waals surface area (Å²) in [5, 5.41) is 20.2. The molecule has 1 heterocycles. The lowest BCUT2D eigenvalue weighted by atomic mass is 10.1. The van der Waals surface area contributed by atoms with Crippen molar-refractivity contribution in [1.82, 2.24) is 4.57 Å². The van der Waals surface area contributed by atoms with Crippen molar-refractivity contribution in [2.45, 2.75) is 20.4 Å². The Bertz CT molecular complexity index is 896. The number of hydrogen-bond acceptors (Lipinski definition) is 4. The molecule has 0 saturated heterocycles. The Morgan fingerprint density at radius 2 is 2.09 bits per heavy atom. The molecule has 1 aromatic heterocycles. The summed E-state index contributed by atoms with van der Waals surface area (Å²) in [5.41, 5.74) is 0.695. The normalized spacial score (nSPS) is 10.9. The summed E-state index contributed by atoms with van der Waals surface area (Å²) >= 11 is 11.8. The van der Waals surface area contributed by atoms with Crippen LogP contribution in [0.1, 0.15) is 23.6 Å². The topological polar surface area (TPSA) is 78.4 Å². The minimum absolute atomic E-state index is 0.0137. The van der Waals surface area contributed by atoms with Gasteiger partial charge in [0, 0.05) is 12.8 Å². The Kier molecular flexibility index (Phi) is 5.09. The average Bonchev–Trinajstić information content (AvgIpc) is 2.51. The number of aromatic hydroxyl groups is 1. The Morgan fingerprint density at radius 3 is 2.65 bits per heavy atom. The largest absolute Gasteiger partial charge is 0.494 e. The minimum atomic E-state index is -0.517. The van der Waals surface area contributed by atoms with E-state index in [0.29, 0.717) is 26.9 Å². The van der Waals surface area contributed by atoms with Gasteiger partial charge in [-0.3, -0.25) is 14.4 Å². The van der Waals surface area contributed by atoms with Crippen molar-refractivity contribution in [1.29, 1.82) is 5.26 Å². The molecule has 0 aliphatic heterocycles. The quantitative estimate of drug-likeness (QED) is 0.855. The second-order valence-corrected chi connectivity index (χ2v) is 5.57. The van der Waals surface area contributed by atoms with E-state index in [4.69, 9.17) is 28.5 Å². The van der Waals surface area contributed by atoms with Crippen LogP contribution >= 0.6 is 23.2 Å². The van der Waals surface area contributed by atoms with Crippen LogP contribution < -0.4 is 5.56 Å². The van der Waals surface area contributed by atoms with Crippen LogP contribution in [0.25, 0.3) is 0 Å². The molecule has 1 N–H and O–H groups in total. The molecular formula is C16H13Cl2N3O2. The molecule has 1 aromatic carbocycles. The third kappa shape index (κ3) is 3.24. The zero-order valence-electron chi connectivity index (χ0n) is 12.5. The predicted octanol–water partition coefficient (Wildman–Crippen LogP) is 3.81. The van der Waals surface area contributed by atoms with E-state index in [1.54, 1.807) is 32.0 Å². The van der Waals surface area contributed by atoms with E-state index < -0.39 is 5.56 Å². The molecule has 2 aromatic rings. The summed E-state index contributed by atoms with van der Waals surface area (Å²) < 4.78 is 1.13. The molecule has 2 rings (SSSR count). The zero-order valence-corrected chi connectivity index (χ0v) is 14.0. The Hall–Kier alpha value is -2.29. The number of benzene rings is 1. The number of halogens is 2. The monoisotopic (exact) mass is 349 g/mol. The van der Waals surface area contributed by atoms with Crippen LogP contribution in [-0.4, -0.2) is 15.9 Å². The van der Waals surface area contributed by atoms with Gasteiger partial charge in [-0.1, -0.05) is 23.2 Å². The number of nitriles is 1. The molecule has 23 heavy (non-hydrogen) atoms. The fourth-order valence-corrected chi connectivity index (χ4v) is 2.42. The third-order valence-electron chi connectivity index (χ3n) is 3.41. The van der Waals surface area contributed by atoms with E-state index in [1.165, 1.54) is 6.21 Å². The average molecular weight is 350 g/mol. The highest BCUT2D eigenvalue weighted by atomic mass is 35.5. The van der Waals surface area contributed by atoms with E-state index in [2.05, 4.69) is 4.99 Å². The summed E-state index contributed by atoms with van der Waals surface area (Å²) in [7, 11) is 0. The van der Waals surface area contributed by atoms with Gasteiger partial charge in [-0.05, 0) is 37.6 Å². The molecule has 0 radical (unpaired) electrons. The molecule has 0 unspecified atom stereocenters. The fraction of sp³-hybridized carbons (Fsp3) is 0.188. The molecule has 118 valence electrons.